The average Bonchev–Trinajstić information content (AvgIpc) is 2.28. The van der Waals surface area contributed by atoms with E-state index in [1.807, 2.05) is 0 Å². The second-order valence-corrected chi connectivity index (χ2v) is 3.06. The van der Waals surface area contributed by atoms with E-state index in [4.69, 9.17) is 5.73 Å². The minimum atomic E-state index is -0.653. The van der Waals surface area contributed by atoms with Crippen LogP contribution in [0.25, 0.3) is 0 Å². The maximum atomic E-state index is 11.1. The predicted molar refractivity (Wildman–Crippen MR) is 55.7 cm³/mol. The summed E-state index contributed by atoms with van der Waals surface area (Å²) in [6.45, 7) is 1.62. The molecule has 0 radical (unpaired) electrons. The number of esters is 1. The largest absolute Gasteiger partial charge is 0.467 e. The summed E-state index contributed by atoms with van der Waals surface area (Å²) in [5, 5.41) is 10.0. The van der Waals surface area contributed by atoms with Crippen molar-refractivity contribution in [2.24, 2.45) is 5.73 Å². The quantitative estimate of drug-likeness (QED) is 0.670. The highest BCUT2D eigenvalue weighted by Crippen LogP contribution is 2.04. The molecule has 7 nitrogen and oxygen atoms in total. The van der Waals surface area contributed by atoms with Crippen LogP contribution in [-0.2, 0) is 9.53 Å². The zero-order chi connectivity index (χ0) is 12.1. The molecule has 7 heteroatoms. The zero-order valence-corrected chi connectivity index (χ0v) is 8.93. The van der Waals surface area contributed by atoms with Crippen LogP contribution in [0, 0.1) is 0 Å². The number of carbonyl (C=O) groups excluding carboxylic acids is 2. The summed E-state index contributed by atoms with van der Waals surface area (Å²) in [6, 6.07) is 2.38. The van der Waals surface area contributed by atoms with Crippen molar-refractivity contribution in [3.8, 4) is 0 Å². The van der Waals surface area contributed by atoms with Crippen LogP contribution < -0.4 is 11.1 Å². The van der Waals surface area contributed by atoms with Gasteiger partial charge in [0.2, 0.25) is 0 Å². The van der Waals surface area contributed by atoms with Gasteiger partial charge >= 0.3 is 5.97 Å². The van der Waals surface area contributed by atoms with Crippen LogP contribution in [0.3, 0.4) is 0 Å². The Bertz CT molecular complexity index is 390. The van der Waals surface area contributed by atoms with Crippen molar-refractivity contribution in [1.82, 2.24) is 10.2 Å². The van der Waals surface area contributed by atoms with Crippen molar-refractivity contribution < 1.29 is 14.3 Å². The lowest BCUT2D eigenvalue weighted by molar-refractivity contribution is -0.141. The van der Waals surface area contributed by atoms with Crippen molar-refractivity contribution in [2.75, 3.05) is 12.4 Å². The molecule has 1 heterocycles. The molecule has 0 saturated heterocycles. The van der Waals surface area contributed by atoms with Gasteiger partial charge in [0.15, 0.2) is 5.69 Å². The van der Waals surface area contributed by atoms with Crippen LogP contribution in [-0.4, -0.2) is 35.2 Å². The molecule has 0 saturated carbocycles. The fourth-order valence-electron chi connectivity index (χ4n) is 0.998. The standard InChI is InChI=1S/C9H12N4O3/c1-5(9(15)16-2)11-7-4-3-6(8(10)14)12-13-7/h3-5H,1-2H3,(H2,10,14)(H,11,13). The minimum absolute atomic E-state index is 0.0660. The number of nitrogens with two attached hydrogens (primary N) is 1. The number of anilines is 1. The van der Waals surface area contributed by atoms with Crippen LogP contribution in [0.15, 0.2) is 12.1 Å². The topological polar surface area (TPSA) is 107 Å². The third kappa shape index (κ3) is 2.91. The van der Waals surface area contributed by atoms with Crippen LogP contribution in [0.4, 0.5) is 5.82 Å². The summed E-state index contributed by atoms with van der Waals surface area (Å²) >= 11 is 0. The Balaban J connectivity index is 2.68. The molecule has 0 bridgehead atoms. The van der Waals surface area contributed by atoms with Gasteiger partial charge in [-0.2, -0.15) is 0 Å². The highest BCUT2D eigenvalue weighted by atomic mass is 16.5. The number of ether oxygens (including phenoxy) is 1. The van der Waals surface area contributed by atoms with Crippen molar-refractivity contribution in [2.45, 2.75) is 13.0 Å². The van der Waals surface area contributed by atoms with Gasteiger partial charge in [-0.3, -0.25) is 4.79 Å². The molecular formula is C9H12N4O3. The highest BCUT2D eigenvalue weighted by Gasteiger charge is 2.13. The molecule has 1 rings (SSSR count). The fraction of sp³-hybridized carbons (Fsp3) is 0.333. The van der Waals surface area contributed by atoms with Crippen molar-refractivity contribution in [3.63, 3.8) is 0 Å². The number of rotatable bonds is 4. The number of amides is 1. The molecule has 0 fully saturated rings. The number of carbonyl (C=O) groups is 2. The van der Waals surface area contributed by atoms with E-state index in [0.717, 1.165) is 0 Å². The first kappa shape index (κ1) is 11.9. The van der Waals surface area contributed by atoms with E-state index < -0.39 is 17.9 Å². The van der Waals surface area contributed by atoms with E-state index in [-0.39, 0.29) is 5.69 Å². The Hall–Kier alpha value is -2.18. The van der Waals surface area contributed by atoms with E-state index in [0.29, 0.717) is 5.82 Å². The lowest BCUT2D eigenvalue weighted by atomic mass is 10.3. The molecule has 1 aromatic heterocycles. The molecule has 16 heavy (non-hydrogen) atoms. The van der Waals surface area contributed by atoms with Gasteiger partial charge in [-0.1, -0.05) is 0 Å². The predicted octanol–water partition coefficient (Wildman–Crippen LogP) is -0.451. The number of hydrogen-bond acceptors (Lipinski definition) is 6. The van der Waals surface area contributed by atoms with Crippen LogP contribution in [0.5, 0.6) is 0 Å². The van der Waals surface area contributed by atoms with Gasteiger partial charge < -0.3 is 15.8 Å². The second kappa shape index (κ2) is 5.06. The van der Waals surface area contributed by atoms with Crippen molar-refractivity contribution >= 4 is 17.7 Å². The van der Waals surface area contributed by atoms with Gasteiger partial charge in [0.05, 0.1) is 7.11 Å². The van der Waals surface area contributed by atoms with E-state index >= 15 is 0 Å². The Kier molecular flexibility index (Phi) is 3.76. The Morgan fingerprint density at radius 2 is 2.12 bits per heavy atom. The summed E-state index contributed by atoms with van der Waals surface area (Å²) in [7, 11) is 1.29. The minimum Gasteiger partial charge on any atom is -0.467 e. The Morgan fingerprint density at radius 1 is 1.44 bits per heavy atom. The monoisotopic (exact) mass is 224 g/mol. The van der Waals surface area contributed by atoms with Gasteiger partial charge in [0, 0.05) is 0 Å². The van der Waals surface area contributed by atoms with Gasteiger partial charge in [-0.25, -0.2) is 4.79 Å². The maximum Gasteiger partial charge on any atom is 0.328 e. The molecular weight excluding hydrogens is 212 g/mol. The summed E-state index contributed by atoms with van der Waals surface area (Å²) < 4.78 is 4.52. The average molecular weight is 224 g/mol. The molecule has 1 aromatic rings. The van der Waals surface area contributed by atoms with Crippen LogP contribution >= 0.6 is 0 Å². The maximum absolute atomic E-state index is 11.1. The number of nitrogens with zero attached hydrogens (tertiary/aromatic N) is 2. The van der Waals surface area contributed by atoms with E-state index in [1.165, 1.54) is 19.2 Å². The first-order chi connectivity index (χ1) is 7.54. The first-order valence-electron chi connectivity index (χ1n) is 4.52. The van der Waals surface area contributed by atoms with Crippen molar-refractivity contribution in [3.05, 3.63) is 17.8 Å². The number of hydrogen-bond donors (Lipinski definition) is 2. The lowest BCUT2D eigenvalue weighted by Gasteiger charge is -2.11. The molecule has 0 spiro atoms. The smallest absolute Gasteiger partial charge is 0.328 e. The van der Waals surface area contributed by atoms with Gasteiger partial charge in [0.1, 0.15) is 11.9 Å². The van der Waals surface area contributed by atoms with Gasteiger partial charge in [-0.05, 0) is 19.1 Å². The Morgan fingerprint density at radius 3 is 2.56 bits per heavy atom. The SMILES string of the molecule is COC(=O)C(C)Nc1ccc(C(N)=O)nn1. The van der Waals surface area contributed by atoms with Gasteiger partial charge in [-0.15, -0.1) is 10.2 Å². The summed E-state index contributed by atoms with van der Waals surface area (Å²) in [6.07, 6.45) is 0. The van der Waals surface area contributed by atoms with E-state index in [2.05, 4.69) is 20.3 Å². The van der Waals surface area contributed by atoms with Crippen LogP contribution in [0.2, 0.25) is 0 Å². The number of nitrogens with one attached hydrogen (secondary N) is 1. The molecule has 0 aliphatic carbocycles. The molecule has 0 aliphatic heterocycles. The number of methoxy groups -OCH3 is 1. The lowest BCUT2D eigenvalue weighted by Crippen LogP contribution is -2.27. The fourth-order valence-corrected chi connectivity index (χ4v) is 0.998. The zero-order valence-electron chi connectivity index (χ0n) is 8.93. The molecule has 3 N–H and O–H groups in total. The Labute approximate surface area is 92.0 Å². The van der Waals surface area contributed by atoms with E-state index in [1.54, 1.807) is 6.92 Å². The molecule has 1 amide bonds. The number of aromatic nitrogens is 2. The van der Waals surface area contributed by atoms with Crippen molar-refractivity contribution in [1.29, 1.82) is 0 Å². The number of primary amides is 1. The molecule has 86 valence electrons. The molecule has 0 aliphatic rings. The summed E-state index contributed by atoms with van der Waals surface area (Å²) in [5.41, 5.74) is 5.06. The van der Waals surface area contributed by atoms with Gasteiger partial charge in [0.25, 0.3) is 5.91 Å². The second-order valence-electron chi connectivity index (χ2n) is 3.06. The first-order valence-corrected chi connectivity index (χ1v) is 4.52. The third-order valence-electron chi connectivity index (χ3n) is 1.84. The van der Waals surface area contributed by atoms with Crippen LogP contribution in [0.1, 0.15) is 17.4 Å². The summed E-state index contributed by atoms with van der Waals surface area (Å²) in [4.78, 5) is 21.8. The van der Waals surface area contributed by atoms with E-state index in [9.17, 15) is 9.59 Å². The molecule has 1 atom stereocenters. The molecule has 0 aromatic carbocycles. The third-order valence-corrected chi connectivity index (χ3v) is 1.84. The normalized spacial score (nSPS) is 11.6. The molecule has 1 unspecified atom stereocenters. The highest BCUT2D eigenvalue weighted by molar-refractivity contribution is 5.90. The summed E-state index contributed by atoms with van der Waals surface area (Å²) in [5.74, 6) is -0.705.